The van der Waals surface area contributed by atoms with Crippen LogP contribution in [0.5, 0.6) is 0 Å². The summed E-state index contributed by atoms with van der Waals surface area (Å²) in [4.78, 5) is 20.4. The highest BCUT2D eigenvalue weighted by atomic mass is 16.4. The van der Waals surface area contributed by atoms with E-state index in [2.05, 4.69) is 0 Å². The van der Waals surface area contributed by atoms with Gasteiger partial charge in [0.25, 0.3) is 0 Å². The van der Waals surface area contributed by atoms with Gasteiger partial charge in [0.1, 0.15) is 0 Å². The topological polar surface area (TPSA) is 74.6 Å². The molecule has 99 valence electrons. The molecule has 0 aliphatic heterocycles. The van der Waals surface area contributed by atoms with Crippen molar-refractivity contribution < 1.29 is 19.8 Å². The van der Waals surface area contributed by atoms with Crippen molar-refractivity contribution in [1.82, 2.24) is 0 Å². The second-order valence-corrected chi connectivity index (χ2v) is 4.30. The van der Waals surface area contributed by atoms with E-state index in [0.29, 0.717) is 6.42 Å². The number of hydrogen-bond acceptors (Lipinski definition) is 2. The second kappa shape index (κ2) is 11.4. The molecule has 0 heterocycles. The van der Waals surface area contributed by atoms with E-state index in [9.17, 15) is 9.59 Å². The van der Waals surface area contributed by atoms with Crippen molar-refractivity contribution in [2.75, 3.05) is 0 Å². The molecule has 0 aliphatic carbocycles. The summed E-state index contributed by atoms with van der Waals surface area (Å²) in [6.45, 7) is 0. The van der Waals surface area contributed by atoms with Crippen LogP contribution in [0.15, 0.2) is 0 Å². The van der Waals surface area contributed by atoms with Gasteiger partial charge in [-0.1, -0.05) is 44.9 Å². The average Bonchev–Trinajstić information content (AvgIpc) is 2.25. The van der Waals surface area contributed by atoms with Crippen LogP contribution in [0.1, 0.15) is 64.2 Å². The van der Waals surface area contributed by atoms with E-state index in [1.807, 2.05) is 0 Å². The highest BCUT2D eigenvalue weighted by molar-refractivity contribution is 5.76. The zero-order valence-corrected chi connectivity index (χ0v) is 10.4. The maximum Gasteiger partial charge on any atom is 0.307 e. The van der Waals surface area contributed by atoms with Gasteiger partial charge in [0.15, 0.2) is 0 Å². The lowest BCUT2D eigenvalue weighted by molar-refractivity contribution is -0.137. The van der Waals surface area contributed by atoms with Gasteiger partial charge in [0.2, 0.25) is 0 Å². The van der Waals surface area contributed by atoms with E-state index >= 15 is 0 Å². The molecule has 0 spiro atoms. The summed E-state index contributed by atoms with van der Waals surface area (Å²) in [6.07, 6.45) is 10.6. The highest BCUT2D eigenvalue weighted by Gasteiger charge is 1.98. The van der Waals surface area contributed by atoms with Crippen LogP contribution < -0.4 is 0 Å². The quantitative estimate of drug-likeness (QED) is 0.516. The Morgan fingerprint density at radius 2 is 1.24 bits per heavy atom. The molecule has 0 atom stereocenters. The maximum absolute atomic E-state index is 10.2. The second-order valence-electron chi connectivity index (χ2n) is 4.30. The zero-order chi connectivity index (χ0) is 12.9. The van der Waals surface area contributed by atoms with Gasteiger partial charge >= 0.3 is 11.9 Å². The van der Waals surface area contributed by atoms with Crippen LogP contribution in [-0.4, -0.2) is 22.2 Å². The minimum absolute atomic E-state index is 0.283. The molecule has 4 nitrogen and oxygen atoms in total. The number of rotatable bonds is 12. The van der Waals surface area contributed by atoms with Crippen molar-refractivity contribution in [2.24, 2.45) is 0 Å². The SMILES string of the molecule is O=C(O)[CH]CCCCCCCCCCC(=O)O. The number of hydrogen-bond donors (Lipinski definition) is 2. The molecule has 0 bridgehead atoms. The summed E-state index contributed by atoms with van der Waals surface area (Å²) in [6, 6.07) is 0. The van der Waals surface area contributed by atoms with Crippen molar-refractivity contribution >= 4 is 11.9 Å². The molecule has 0 aliphatic rings. The molecule has 4 heteroatoms. The van der Waals surface area contributed by atoms with Gasteiger partial charge in [-0.25, -0.2) is 0 Å². The first kappa shape index (κ1) is 15.9. The lowest BCUT2D eigenvalue weighted by Gasteiger charge is -2.01. The Morgan fingerprint density at radius 3 is 1.71 bits per heavy atom. The van der Waals surface area contributed by atoms with Gasteiger partial charge in [-0.15, -0.1) is 0 Å². The number of carbonyl (C=O) groups is 2. The lowest BCUT2D eigenvalue weighted by Crippen LogP contribution is -1.94. The summed E-state index contributed by atoms with van der Waals surface area (Å²) >= 11 is 0. The van der Waals surface area contributed by atoms with Crippen molar-refractivity contribution in [1.29, 1.82) is 0 Å². The van der Waals surface area contributed by atoms with E-state index < -0.39 is 11.9 Å². The minimum Gasteiger partial charge on any atom is -0.481 e. The normalized spacial score (nSPS) is 10.4. The molecule has 0 aromatic carbocycles. The van der Waals surface area contributed by atoms with Gasteiger partial charge in [-0.05, 0) is 12.8 Å². The average molecular weight is 243 g/mol. The fourth-order valence-corrected chi connectivity index (χ4v) is 1.71. The van der Waals surface area contributed by atoms with Crippen LogP contribution in [0.3, 0.4) is 0 Å². The largest absolute Gasteiger partial charge is 0.481 e. The summed E-state index contributed by atoms with van der Waals surface area (Å²) in [5, 5.41) is 16.8. The third-order valence-electron chi connectivity index (χ3n) is 2.66. The lowest BCUT2D eigenvalue weighted by atomic mass is 10.1. The Balaban J connectivity index is 2.98. The van der Waals surface area contributed by atoms with Crippen molar-refractivity contribution in [3.8, 4) is 0 Å². The van der Waals surface area contributed by atoms with Gasteiger partial charge in [0, 0.05) is 6.42 Å². The van der Waals surface area contributed by atoms with Crippen LogP contribution >= 0.6 is 0 Å². The Kier molecular flexibility index (Phi) is 10.7. The van der Waals surface area contributed by atoms with E-state index in [0.717, 1.165) is 44.9 Å². The molecular weight excluding hydrogens is 220 g/mol. The highest BCUT2D eigenvalue weighted by Crippen LogP contribution is 2.11. The van der Waals surface area contributed by atoms with Crippen molar-refractivity contribution in [2.45, 2.75) is 64.2 Å². The third kappa shape index (κ3) is 14.9. The fraction of sp³-hybridized carbons (Fsp3) is 0.769. The fourth-order valence-electron chi connectivity index (χ4n) is 1.71. The van der Waals surface area contributed by atoms with Gasteiger partial charge in [-0.2, -0.15) is 0 Å². The molecule has 2 N–H and O–H groups in total. The third-order valence-corrected chi connectivity index (χ3v) is 2.66. The molecule has 0 aromatic heterocycles. The predicted octanol–water partition coefficient (Wildman–Crippen LogP) is 3.26. The van der Waals surface area contributed by atoms with Gasteiger partial charge in [-0.3, -0.25) is 9.59 Å². The Morgan fingerprint density at radius 1 is 0.765 bits per heavy atom. The minimum atomic E-state index is -0.830. The molecular formula is C13H23O4. The number of aliphatic carboxylic acids is 2. The molecule has 0 rings (SSSR count). The monoisotopic (exact) mass is 243 g/mol. The summed E-state index contributed by atoms with van der Waals surface area (Å²) in [5.41, 5.74) is 0. The number of unbranched alkanes of at least 4 members (excludes halogenated alkanes) is 8. The van der Waals surface area contributed by atoms with Crippen LogP contribution in [0, 0.1) is 6.42 Å². The number of carboxylic acids is 2. The Bertz CT molecular complexity index is 191. The van der Waals surface area contributed by atoms with Gasteiger partial charge in [0.05, 0.1) is 6.42 Å². The van der Waals surface area contributed by atoms with E-state index in [1.54, 1.807) is 0 Å². The Labute approximate surface area is 103 Å². The number of carboxylic acid groups (broad SMARTS) is 2. The molecule has 0 fully saturated rings. The first-order valence-electron chi connectivity index (χ1n) is 6.41. The maximum atomic E-state index is 10.2. The smallest absolute Gasteiger partial charge is 0.307 e. The zero-order valence-electron chi connectivity index (χ0n) is 10.4. The van der Waals surface area contributed by atoms with Crippen molar-refractivity contribution in [3.63, 3.8) is 0 Å². The standard InChI is InChI=1S/C13H23O4/c14-12(15)10-8-6-4-2-1-3-5-7-9-11-13(16)17/h10H,1-9,11H2,(H,14,15)(H,16,17). The van der Waals surface area contributed by atoms with E-state index in [4.69, 9.17) is 10.2 Å². The van der Waals surface area contributed by atoms with Crippen LogP contribution in [0.2, 0.25) is 0 Å². The molecule has 1 radical (unpaired) electrons. The Hall–Kier alpha value is -1.06. The van der Waals surface area contributed by atoms with E-state index in [1.165, 1.54) is 12.8 Å². The molecule has 0 aromatic rings. The predicted molar refractivity (Wildman–Crippen MR) is 65.7 cm³/mol. The molecule has 0 unspecified atom stereocenters. The van der Waals surface area contributed by atoms with E-state index in [-0.39, 0.29) is 6.42 Å². The first-order valence-corrected chi connectivity index (χ1v) is 6.41. The van der Waals surface area contributed by atoms with Gasteiger partial charge < -0.3 is 10.2 Å². The summed E-state index contributed by atoms with van der Waals surface area (Å²) in [7, 11) is 0. The first-order chi connectivity index (χ1) is 8.13. The van der Waals surface area contributed by atoms with Crippen LogP contribution in [0.25, 0.3) is 0 Å². The summed E-state index contributed by atoms with van der Waals surface area (Å²) < 4.78 is 0. The molecule has 0 saturated heterocycles. The summed E-state index contributed by atoms with van der Waals surface area (Å²) in [5.74, 6) is -1.54. The van der Waals surface area contributed by atoms with Crippen molar-refractivity contribution in [3.05, 3.63) is 6.42 Å². The van der Waals surface area contributed by atoms with Crippen LogP contribution in [-0.2, 0) is 9.59 Å². The molecule has 0 saturated carbocycles. The van der Waals surface area contributed by atoms with Crippen LogP contribution in [0.4, 0.5) is 0 Å². The molecule has 0 amide bonds. The molecule has 17 heavy (non-hydrogen) atoms.